The summed E-state index contributed by atoms with van der Waals surface area (Å²) in [6, 6.07) is 14.2. The van der Waals surface area contributed by atoms with Gasteiger partial charge in [0.2, 0.25) is 0 Å². The van der Waals surface area contributed by atoms with Crippen LogP contribution >= 0.6 is 0 Å². The van der Waals surface area contributed by atoms with E-state index in [0.717, 1.165) is 101 Å². The molecule has 3 aromatic rings. The van der Waals surface area contributed by atoms with Crippen molar-refractivity contribution in [1.29, 1.82) is 0 Å². The molecule has 1 aliphatic carbocycles. The predicted octanol–water partition coefficient (Wildman–Crippen LogP) is 4.07. The number of nitrogens with one attached hydrogen (secondary N) is 1. The van der Waals surface area contributed by atoms with Crippen LogP contribution in [0.1, 0.15) is 42.7 Å². The van der Waals surface area contributed by atoms with Gasteiger partial charge in [0.25, 0.3) is 5.91 Å². The van der Waals surface area contributed by atoms with Gasteiger partial charge < -0.3 is 24.3 Å². The Morgan fingerprint density at radius 1 is 0.900 bits per heavy atom. The van der Waals surface area contributed by atoms with E-state index in [4.69, 9.17) is 19.1 Å². The number of morpholine rings is 1. The Balaban J connectivity index is 0.951. The zero-order valence-corrected chi connectivity index (χ0v) is 23.2. The van der Waals surface area contributed by atoms with E-state index in [-0.39, 0.29) is 11.9 Å². The van der Waals surface area contributed by atoms with Crippen molar-refractivity contribution < 1.29 is 13.9 Å². The van der Waals surface area contributed by atoms with Crippen molar-refractivity contribution >= 4 is 17.5 Å². The van der Waals surface area contributed by atoms with Crippen LogP contribution in [-0.4, -0.2) is 85.8 Å². The summed E-state index contributed by atoms with van der Waals surface area (Å²) in [5.41, 5.74) is 2.10. The van der Waals surface area contributed by atoms with E-state index in [1.165, 1.54) is 19.3 Å². The van der Waals surface area contributed by atoms with Crippen LogP contribution in [0.25, 0.3) is 11.3 Å². The molecule has 1 amide bonds. The fourth-order valence-electron chi connectivity index (χ4n) is 6.13. The molecule has 0 aromatic carbocycles. The van der Waals surface area contributed by atoms with Crippen LogP contribution < -0.4 is 15.1 Å². The first-order chi connectivity index (χ1) is 19.7. The predicted molar refractivity (Wildman–Crippen MR) is 156 cm³/mol. The Hall–Kier alpha value is -3.43. The number of furan rings is 1. The first-order valence-corrected chi connectivity index (χ1v) is 14.8. The van der Waals surface area contributed by atoms with Crippen LogP contribution in [0.3, 0.4) is 0 Å². The summed E-state index contributed by atoms with van der Waals surface area (Å²) in [5.74, 6) is 3.10. The molecule has 1 saturated carbocycles. The van der Waals surface area contributed by atoms with Crippen molar-refractivity contribution in [3.8, 4) is 11.3 Å². The number of anilines is 2. The lowest BCUT2D eigenvalue weighted by Crippen LogP contribution is -2.47. The molecule has 1 N–H and O–H groups in total. The highest BCUT2D eigenvalue weighted by molar-refractivity contribution is 5.91. The molecule has 5 heterocycles. The third-order valence-corrected chi connectivity index (χ3v) is 8.59. The number of hydrogen-bond acceptors (Lipinski definition) is 8. The first-order valence-electron chi connectivity index (χ1n) is 14.8. The van der Waals surface area contributed by atoms with Gasteiger partial charge in [-0.05, 0) is 81.0 Å². The summed E-state index contributed by atoms with van der Waals surface area (Å²) in [4.78, 5) is 29.2. The lowest BCUT2D eigenvalue weighted by atomic mass is 9.84. The molecule has 6 rings (SSSR count). The van der Waals surface area contributed by atoms with Crippen molar-refractivity contribution in [3.63, 3.8) is 0 Å². The molecule has 3 fully saturated rings. The molecular weight excluding hydrogens is 504 g/mol. The van der Waals surface area contributed by atoms with Gasteiger partial charge in [-0.25, -0.2) is 9.97 Å². The summed E-state index contributed by atoms with van der Waals surface area (Å²) < 4.78 is 10.7. The zero-order chi connectivity index (χ0) is 27.1. The van der Waals surface area contributed by atoms with Crippen molar-refractivity contribution in [1.82, 2.24) is 20.2 Å². The molecule has 3 aromatic heterocycles. The second-order valence-electron chi connectivity index (χ2n) is 11.2. The van der Waals surface area contributed by atoms with Crippen LogP contribution in [0.5, 0.6) is 0 Å². The number of piperazine rings is 1. The fourth-order valence-corrected chi connectivity index (χ4v) is 6.13. The minimum absolute atomic E-state index is 0.0934. The van der Waals surface area contributed by atoms with Gasteiger partial charge in [0.15, 0.2) is 5.76 Å². The number of pyridine rings is 2. The summed E-state index contributed by atoms with van der Waals surface area (Å²) in [6.07, 6.45) is 9.16. The topological polar surface area (TPSA) is 87.0 Å². The minimum atomic E-state index is -0.0934. The van der Waals surface area contributed by atoms with Gasteiger partial charge in [-0.15, -0.1) is 0 Å². The largest absolute Gasteiger partial charge is 0.459 e. The maximum absolute atomic E-state index is 12.3. The van der Waals surface area contributed by atoms with Gasteiger partial charge in [-0.1, -0.05) is 6.07 Å². The SMILES string of the molecule is O=C(N[C@H]1CC[C@H](CCN2CCN(c3cc(-c4cccc(N5CCOCC5)n4)ccn3)CC2)CC1)c1ccco1. The van der Waals surface area contributed by atoms with E-state index in [2.05, 4.69) is 50.3 Å². The maximum atomic E-state index is 12.3. The average Bonchev–Trinajstić information content (AvgIpc) is 3.57. The van der Waals surface area contributed by atoms with Crippen LogP contribution in [-0.2, 0) is 4.74 Å². The Kier molecular flexibility index (Phi) is 8.59. The van der Waals surface area contributed by atoms with Gasteiger partial charge >= 0.3 is 0 Å². The molecule has 2 saturated heterocycles. The van der Waals surface area contributed by atoms with Gasteiger partial charge in [-0.3, -0.25) is 9.69 Å². The molecule has 2 aliphatic heterocycles. The number of amides is 1. The third kappa shape index (κ3) is 6.64. The van der Waals surface area contributed by atoms with Crippen molar-refractivity contribution in [3.05, 3.63) is 60.7 Å². The number of ether oxygens (including phenoxy) is 1. The van der Waals surface area contributed by atoms with Crippen molar-refractivity contribution in [2.45, 2.75) is 38.1 Å². The molecule has 0 atom stereocenters. The van der Waals surface area contributed by atoms with Crippen LogP contribution in [0.2, 0.25) is 0 Å². The van der Waals surface area contributed by atoms with E-state index in [0.29, 0.717) is 5.76 Å². The zero-order valence-electron chi connectivity index (χ0n) is 23.2. The summed E-state index contributed by atoms with van der Waals surface area (Å²) in [5, 5.41) is 3.13. The van der Waals surface area contributed by atoms with Gasteiger partial charge in [0, 0.05) is 57.1 Å². The van der Waals surface area contributed by atoms with E-state index in [1.807, 2.05) is 6.20 Å². The second-order valence-corrected chi connectivity index (χ2v) is 11.2. The number of nitrogens with zero attached hydrogens (tertiary/aromatic N) is 5. The highest BCUT2D eigenvalue weighted by Gasteiger charge is 2.25. The molecule has 0 unspecified atom stereocenters. The Morgan fingerprint density at radius 3 is 2.48 bits per heavy atom. The number of carbonyl (C=O) groups is 1. The normalized spacial score (nSPS) is 22.3. The Bertz CT molecular complexity index is 1230. The number of hydrogen-bond donors (Lipinski definition) is 1. The Labute approximate surface area is 236 Å². The quantitative estimate of drug-likeness (QED) is 0.454. The number of carbonyl (C=O) groups excluding carboxylic acids is 1. The minimum Gasteiger partial charge on any atom is -0.459 e. The van der Waals surface area contributed by atoms with Gasteiger partial charge in [0.05, 0.1) is 25.2 Å². The maximum Gasteiger partial charge on any atom is 0.287 e. The van der Waals surface area contributed by atoms with Crippen molar-refractivity contribution in [2.75, 3.05) is 68.8 Å². The molecule has 0 spiro atoms. The monoisotopic (exact) mass is 544 g/mol. The standard InChI is InChI=1S/C31H40N6O3/c38-31(28-4-2-20-40-28)33-26-8-6-24(7-9-26)11-13-35-14-16-36(17-15-35)30-23-25(10-12-32-30)27-3-1-5-29(34-27)37-18-21-39-22-19-37/h1-5,10,12,20,23-24,26H,6-9,11,13-19,21-22H2,(H,33,38)/t24-,26-. The van der Waals surface area contributed by atoms with Crippen LogP contribution in [0.4, 0.5) is 11.6 Å². The lowest BCUT2D eigenvalue weighted by Gasteiger charge is -2.37. The Morgan fingerprint density at radius 2 is 1.70 bits per heavy atom. The molecular formula is C31H40N6O3. The average molecular weight is 545 g/mol. The van der Waals surface area contributed by atoms with Crippen molar-refractivity contribution in [2.24, 2.45) is 5.92 Å². The summed E-state index contributed by atoms with van der Waals surface area (Å²) >= 11 is 0. The molecule has 40 heavy (non-hydrogen) atoms. The summed E-state index contributed by atoms with van der Waals surface area (Å²) in [7, 11) is 0. The molecule has 9 nitrogen and oxygen atoms in total. The number of aromatic nitrogens is 2. The number of rotatable bonds is 8. The highest BCUT2D eigenvalue weighted by Crippen LogP contribution is 2.28. The summed E-state index contributed by atoms with van der Waals surface area (Å²) in [6.45, 7) is 8.52. The molecule has 3 aliphatic rings. The van der Waals surface area contributed by atoms with E-state index in [1.54, 1.807) is 18.4 Å². The molecule has 212 valence electrons. The highest BCUT2D eigenvalue weighted by atomic mass is 16.5. The second kappa shape index (κ2) is 12.8. The third-order valence-electron chi connectivity index (χ3n) is 8.59. The van der Waals surface area contributed by atoms with Gasteiger partial charge in [-0.2, -0.15) is 0 Å². The van der Waals surface area contributed by atoms with E-state index in [9.17, 15) is 4.79 Å². The smallest absolute Gasteiger partial charge is 0.287 e. The first kappa shape index (κ1) is 26.8. The molecule has 0 radical (unpaired) electrons. The van der Waals surface area contributed by atoms with E-state index >= 15 is 0 Å². The molecule has 9 heteroatoms. The lowest BCUT2D eigenvalue weighted by molar-refractivity contribution is 0.0891. The van der Waals surface area contributed by atoms with E-state index < -0.39 is 0 Å². The van der Waals surface area contributed by atoms with Crippen LogP contribution in [0, 0.1) is 5.92 Å². The molecule has 0 bridgehead atoms. The van der Waals surface area contributed by atoms with Gasteiger partial charge in [0.1, 0.15) is 11.6 Å². The fraction of sp³-hybridized carbons (Fsp3) is 0.516. The van der Waals surface area contributed by atoms with Crippen LogP contribution in [0.15, 0.2) is 59.3 Å².